The Morgan fingerprint density at radius 1 is 1.24 bits per heavy atom. The molecule has 0 aliphatic heterocycles. The van der Waals surface area contributed by atoms with Crippen molar-refractivity contribution in [3.05, 3.63) is 41.8 Å². The number of nitrogens with one attached hydrogen (secondary N) is 1. The largest absolute Gasteiger partial charge is 0.340 e. The second-order valence-electron chi connectivity index (χ2n) is 4.96. The molecule has 3 heterocycles. The van der Waals surface area contributed by atoms with E-state index in [1.807, 2.05) is 37.8 Å². The number of thiazole rings is 1. The van der Waals surface area contributed by atoms with Crippen molar-refractivity contribution in [1.29, 1.82) is 0 Å². The third-order valence-corrected chi connectivity index (χ3v) is 4.19. The molecule has 4 aromatic rings. The number of H-pyrrole nitrogens is 1. The van der Waals surface area contributed by atoms with Crippen LogP contribution in [0, 0.1) is 6.92 Å². The number of nitrogens with zero attached hydrogens (tertiary/aromatic N) is 4. The molecule has 104 valence electrons. The molecule has 0 aliphatic carbocycles. The van der Waals surface area contributed by atoms with Gasteiger partial charge in [0.05, 0.1) is 27.1 Å². The van der Waals surface area contributed by atoms with Crippen molar-refractivity contribution in [1.82, 2.24) is 24.7 Å². The van der Waals surface area contributed by atoms with E-state index < -0.39 is 0 Å². The third kappa shape index (κ3) is 2.04. The number of aromatic nitrogens is 5. The van der Waals surface area contributed by atoms with Crippen LogP contribution in [0.3, 0.4) is 0 Å². The number of hydrogen-bond acceptors (Lipinski definition) is 4. The molecule has 5 nitrogen and oxygen atoms in total. The number of imidazole rings is 1. The average molecular weight is 295 g/mol. The van der Waals surface area contributed by atoms with Crippen LogP contribution < -0.4 is 0 Å². The topological polar surface area (TPSA) is 59.4 Å². The molecule has 0 radical (unpaired) electrons. The van der Waals surface area contributed by atoms with Crippen molar-refractivity contribution in [3.8, 4) is 22.6 Å². The third-order valence-electron chi connectivity index (χ3n) is 3.40. The molecule has 0 spiro atoms. The monoisotopic (exact) mass is 295 g/mol. The van der Waals surface area contributed by atoms with Crippen molar-refractivity contribution in [3.63, 3.8) is 0 Å². The van der Waals surface area contributed by atoms with Gasteiger partial charge in [0.2, 0.25) is 0 Å². The van der Waals surface area contributed by atoms with Crippen LogP contribution in [0.4, 0.5) is 0 Å². The van der Waals surface area contributed by atoms with E-state index in [0.29, 0.717) is 0 Å². The summed E-state index contributed by atoms with van der Waals surface area (Å²) in [6.45, 7) is 1.96. The number of fused-ring (bicyclic) bond motifs is 1. The summed E-state index contributed by atoms with van der Waals surface area (Å²) in [5, 5.41) is 4.47. The van der Waals surface area contributed by atoms with E-state index in [2.05, 4.69) is 32.2 Å². The van der Waals surface area contributed by atoms with Crippen LogP contribution in [-0.2, 0) is 7.05 Å². The first-order chi connectivity index (χ1) is 10.2. The summed E-state index contributed by atoms with van der Waals surface area (Å²) in [7, 11) is 1.91. The Balaban J connectivity index is 1.91. The van der Waals surface area contributed by atoms with Crippen LogP contribution in [0.1, 0.15) is 5.82 Å². The van der Waals surface area contributed by atoms with Crippen LogP contribution >= 0.6 is 11.3 Å². The van der Waals surface area contributed by atoms with Crippen molar-refractivity contribution in [2.24, 2.45) is 7.05 Å². The molecule has 3 aromatic heterocycles. The lowest BCUT2D eigenvalue weighted by molar-refractivity contribution is 0.770. The highest BCUT2D eigenvalue weighted by Crippen LogP contribution is 2.31. The molecule has 0 atom stereocenters. The van der Waals surface area contributed by atoms with E-state index in [-0.39, 0.29) is 0 Å². The van der Waals surface area contributed by atoms with Gasteiger partial charge in [0.25, 0.3) is 0 Å². The SMILES string of the molecule is Cc1nc(-c2ccc3ncsc3c2)c(-c2ccn(C)n2)[nH]1. The van der Waals surface area contributed by atoms with Crippen LogP contribution in [0.25, 0.3) is 32.9 Å². The molecule has 0 unspecified atom stereocenters. The number of hydrogen-bond donors (Lipinski definition) is 1. The summed E-state index contributed by atoms with van der Waals surface area (Å²) >= 11 is 1.64. The molecule has 6 heteroatoms. The van der Waals surface area contributed by atoms with Crippen LogP contribution in [-0.4, -0.2) is 24.7 Å². The zero-order chi connectivity index (χ0) is 14.4. The molecule has 0 saturated heterocycles. The molecule has 0 aliphatic rings. The fourth-order valence-electron chi connectivity index (χ4n) is 2.44. The van der Waals surface area contributed by atoms with Crippen molar-refractivity contribution in [2.45, 2.75) is 6.92 Å². The van der Waals surface area contributed by atoms with Crippen molar-refractivity contribution < 1.29 is 0 Å². The summed E-state index contributed by atoms with van der Waals surface area (Å²) in [6, 6.07) is 8.22. The second-order valence-corrected chi connectivity index (χ2v) is 5.84. The van der Waals surface area contributed by atoms with E-state index in [1.54, 1.807) is 16.0 Å². The number of rotatable bonds is 2. The van der Waals surface area contributed by atoms with Crippen LogP contribution in [0.2, 0.25) is 0 Å². The number of aryl methyl sites for hydroxylation is 2. The fourth-order valence-corrected chi connectivity index (χ4v) is 3.15. The Morgan fingerprint density at radius 3 is 2.95 bits per heavy atom. The predicted molar refractivity (Wildman–Crippen MR) is 84.1 cm³/mol. The molecule has 4 rings (SSSR count). The maximum Gasteiger partial charge on any atom is 0.111 e. The van der Waals surface area contributed by atoms with Crippen molar-refractivity contribution >= 4 is 21.6 Å². The van der Waals surface area contributed by atoms with Gasteiger partial charge >= 0.3 is 0 Å². The van der Waals surface area contributed by atoms with Gasteiger partial charge in [-0.2, -0.15) is 5.10 Å². The van der Waals surface area contributed by atoms with E-state index in [4.69, 9.17) is 0 Å². The summed E-state index contributed by atoms with van der Waals surface area (Å²) < 4.78 is 2.96. The first-order valence-electron chi connectivity index (χ1n) is 6.61. The van der Waals surface area contributed by atoms with E-state index in [9.17, 15) is 0 Å². The van der Waals surface area contributed by atoms with Gasteiger partial charge in [0.15, 0.2) is 0 Å². The summed E-state index contributed by atoms with van der Waals surface area (Å²) in [5.74, 6) is 0.884. The van der Waals surface area contributed by atoms with Gasteiger partial charge in [-0.1, -0.05) is 6.07 Å². The minimum Gasteiger partial charge on any atom is -0.340 e. The van der Waals surface area contributed by atoms with Gasteiger partial charge in [-0.3, -0.25) is 4.68 Å². The molecule has 0 bridgehead atoms. The molecule has 1 N–H and O–H groups in total. The lowest BCUT2D eigenvalue weighted by Gasteiger charge is -2.00. The minimum absolute atomic E-state index is 0.884. The van der Waals surface area contributed by atoms with Gasteiger partial charge in [-0.05, 0) is 25.1 Å². The Labute approximate surface area is 125 Å². The maximum atomic E-state index is 4.64. The zero-order valence-electron chi connectivity index (χ0n) is 11.7. The maximum absolute atomic E-state index is 4.64. The smallest absolute Gasteiger partial charge is 0.111 e. The number of benzene rings is 1. The normalized spacial score (nSPS) is 11.3. The molecule has 0 saturated carbocycles. The van der Waals surface area contributed by atoms with Gasteiger partial charge in [-0.15, -0.1) is 11.3 Å². The summed E-state index contributed by atoms with van der Waals surface area (Å²) in [4.78, 5) is 12.3. The molecule has 1 aromatic carbocycles. The summed E-state index contributed by atoms with van der Waals surface area (Å²) in [5.41, 5.74) is 6.76. The average Bonchev–Trinajstić information content (AvgIpc) is 3.16. The lowest BCUT2D eigenvalue weighted by Crippen LogP contribution is -1.89. The fraction of sp³-hybridized carbons (Fsp3) is 0.133. The van der Waals surface area contributed by atoms with Gasteiger partial charge in [0, 0.05) is 18.8 Å². The number of aromatic amines is 1. The highest BCUT2D eigenvalue weighted by molar-refractivity contribution is 7.16. The lowest BCUT2D eigenvalue weighted by atomic mass is 10.1. The molecule has 21 heavy (non-hydrogen) atoms. The van der Waals surface area contributed by atoms with E-state index in [1.165, 1.54) is 4.70 Å². The Bertz CT molecular complexity index is 931. The molecule has 0 amide bonds. The highest BCUT2D eigenvalue weighted by atomic mass is 32.1. The second kappa shape index (κ2) is 4.53. The minimum atomic E-state index is 0.884. The molecule has 0 fully saturated rings. The van der Waals surface area contributed by atoms with Crippen LogP contribution in [0.5, 0.6) is 0 Å². The van der Waals surface area contributed by atoms with Gasteiger partial charge in [0.1, 0.15) is 11.5 Å². The standard InChI is InChI=1S/C15H13N5S/c1-9-17-14(15(18-9)12-5-6-20(2)19-12)10-3-4-11-13(7-10)21-8-16-11/h3-8H,1-2H3,(H,17,18). The van der Waals surface area contributed by atoms with Gasteiger partial charge < -0.3 is 4.98 Å². The first-order valence-corrected chi connectivity index (χ1v) is 7.49. The van der Waals surface area contributed by atoms with Gasteiger partial charge in [-0.25, -0.2) is 9.97 Å². The Kier molecular flexibility index (Phi) is 2.65. The van der Waals surface area contributed by atoms with E-state index in [0.717, 1.165) is 34.0 Å². The van der Waals surface area contributed by atoms with E-state index >= 15 is 0 Å². The Hall–Kier alpha value is -2.47. The van der Waals surface area contributed by atoms with Crippen LogP contribution in [0.15, 0.2) is 36.0 Å². The highest BCUT2D eigenvalue weighted by Gasteiger charge is 2.15. The predicted octanol–water partition coefficient (Wildman–Crippen LogP) is 3.40. The Morgan fingerprint density at radius 2 is 2.14 bits per heavy atom. The van der Waals surface area contributed by atoms with Crippen molar-refractivity contribution in [2.75, 3.05) is 0 Å². The first kappa shape index (κ1) is 12.3. The zero-order valence-corrected chi connectivity index (χ0v) is 12.5. The quantitative estimate of drug-likeness (QED) is 0.616. The molecular weight excluding hydrogens is 282 g/mol. The summed E-state index contributed by atoms with van der Waals surface area (Å²) in [6.07, 6.45) is 1.93. The molecular formula is C15H13N5S.